The highest BCUT2D eigenvalue weighted by atomic mass is 16.6. The zero-order valence-corrected chi connectivity index (χ0v) is 12.2. The maximum atomic E-state index is 11.9. The molecule has 5 heteroatoms. The van der Waals surface area contributed by atoms with Crippen LogP contribution in [0.1, 0.15) is 41.5 Å². The van der Waals surface area contributed by atoms with E-state index < -0.39 is 23.0 Å². The lowest BCUT2D eigenvalue weighted by Crippen LogP contribution is -2.45. The summed E-state index contributed by atoms with van der Waals surface area (Å²) in [6.07, 6.45) is 0. The molecule has 0 atom stereocenters. The minimum absolute atomic E-state index is 0.0613. The molecule has 0 heterocycles. The molecule has 0 aliphatic heterocycles. The summed E-state index contributed by atoms with van der Waals surface area (Å²) in [5.41, 5.74) is -1.86. The summed E-state index contributed by atoms with van der Waals surface area (Å²) in [7, 11) is 0. The van der Waals surface area contributed by atoms with Gasteiger partial charge < -0.3 is 14.2 Å². The Hall–Kier alpha value is -1.10. The molecular formula is C13H24O5. The lowest BCUT2D eigenvalue weighted by Gasteiger charge is -2.29. The largest absolute Gasteiger partial charge is 0.465 e. The van der Waals surface area contributed by atoms with Gasteiger partial charge in [0.1, 0.15) is 0 Å². The van der Waals surface area contributed by atoms with Gasteiger partial charge in [-0.15, -0.1) is 0 Å². The van der Waals surface area contributed by atoms with Crippen LogP contribution >= 0.6 is 0 Å². The van der Waals surface area contributed by atoms with E-state index in [0.717, 1.165) is 0 Å². The van der Waals surface area contributed by atoms with Gasteiger partial charge in [0.15, 0.2) is 5.41 Å². The molecule has 0 N–H and O–H groups in total. The van der Waals surface area contributed by atoms with Gasteiger partial charge in [-0.1, -0.05) is 0 Å². The zero-order chi connectivity index (χ0) is 14.4. The lowest BCUT2D eigenvalue weighted by molar-refractivity contribution is -0.178. The normalized spacial score (nSPS) is 12.1. The van der Waals surface area contributed by atoms with Crippen LogP contribution in [-0.2, 0) is 23.8 Å². The Morgan fingerprint density at radius 1 is 0.889 bits per heavy atom. The standard InChI is InChI=1S/C13H24O5/c1-7-16-10(14)13(6,11(15)17-8-2)9-18-12(3,4)5/h7-9H2,1-6H3. The summed E-state index contributed by atoms with van der Waals surface area (Å²) in [6, 6.07) is 0. The van der Waals surface area contributed by atoms with E-state index >= 15 is 0 Å². The summed E-state index contributed by atoms with van der Waals surface area (Å²) >= 11 is 0. The van der Waals surface area contributed by atoms with E-state index in [1.807, 2.05) is 20.8 Å². The van der Waals surface area contributed by atoms with E-state index in [1.165, 1.54) is 6.92 Å². The van der Waals surface area contributed by atoms with Crippen LogP contribution in [0, 0.1) is 5.41 Å². The Labute approximate surface area is 109 Å². The van der Waals surface area contributed by atoms with Crippen molar-refractivity contribution in [2.75, 3.05) is 19.8 Å². The van der Waals surface area contributed by atoms with Gasteiger partial charge in [-0.05, 0) is 41.5 Å². The summed E-state index contributed by atoms with van der Waals surface area (Å²) < 4.78 is 15.4. The summed E-state index contributed by atoms with van der Waals surface area (Å²) in [6.45, 7) is 10.8. The molecule has 0 radical (unpaired) electrons. The van der Waals surface area contributed by atoms with Gasteiger partial charge in [0, 0.05) is 0 Å². The molecule has 0 aromatic carbocycles. The smallest absolute Gasteiger partial charge is 0.325 e. The molecule has 0 rings (SSSR count). The van der Waals surface area contributed by atoms with Crippen molar-refractivity contribution in [3.05, 3.63) is 0 Å². The highest BCUT2D eigenvalue weighted by Gasteiger charge is 2.45. The molecule has 0 saturated carbocycles. The first kappa shape index (κ1) is 16.9. The second kappa shape index (κ2) is 6.73. The van der Waals surface area contributed by atoms with Crippen molar-refractivity contribution in [1.82, 2.24) is 0 Å². The van der Waals surface area contributed by atoms with Crippen LogP contribution in [0.4, 0.5) is 0 Å². The molecule has 0 unspecified atom stereocenters. The number of hydrogen-bond acceptors (Lipinski definition) is 5. The highest BCUT2D eigenvalue weighted by Crippen LogP contribution is 2.24. The Balaban J connectivity index is 4.91. The number of carbonyl (C=O) groups is 2. The number of carbonyl (C=O) groups excluding carboxylic acids is 2. The quantitative estimate of drug-likeness (QED) is 0.539. The molecule has 0 saturated heterocycles. The van der Waals surface area contributed by atoms with Crippen LogP contribution in [0.5, 0.6) is 0 Å². The first-order chi connectivity index (χ1) is 8.17. The fourth-order valence-corrected chi connectivity index (χ4v) is 1.14. The third kappa shape index (κ3) is 5.04. The van der Waals surface area contributed by atoms with Crippen molar-refractivity contribution in [3.63, 3.8) is 0 Å². The second-order valence-electron chi connectivity index (χ2n) is 5.17. The van der Waals surface area contributed by atoms with Gasteiger partial charge in [-0.2, -0.15) is 0 Å². The van der Waals surface area contributed by atoms with Crippen LogP contribution in [0.2, 0.25) is 0 Å². The minimum Gasteiger partial charge on any atom is -0.465 e. The molecule has 0 aromatic heterocycles. The summed E-state index contributed by atoms with van der Waals surface area (Å²) in [4.78, 5) is 23.8. The van der Waals surface area contributed by atoms with Gasteiger partial charge in [0.2, 0.25) is 0 Å². The van der Waals surface area contributed by atoms with Crippen LogP contribution in [0.25, 0.3) is 0 Å². The number of esters is 2. The molecule has 0 bridgehead atoms. The molecule has 0 amide bonds. The van der Waals surface area contributed by atoms with Crippen molar-refractivity contribution in [3.8, 4) is 0 Å². The Morgan fingerprint density at radius 3 is 1.56 bits per heavy atom. The predicted molar refractivity (Wildman–Crippen MR) is 67.1 cm³/mol. The molecule has 5 nitrogen and oxygen atoms in total. The molecule has 0 aromatic rings. The van der Waals surface area contributed by atoms with Gasteiger partial charge in [0.05, 0.1) is 25.4 Å². The van der Waals surface area contributed by atoms with E-state index in [4.69, 9.17) is 14.2 Å². The van der Waals surface area contributed by atoms with Crippen molar-refractivity contribution < 1.29 is 23.8 Å². The Morgan fingerprint density at radius 2 is 1.28 bits per heavy atom. The van der Waals surface area contributed by atoms with E-state index in [1.54, 1.807) is 13.8 Å². The third-order valence-electron chi connectivity index (χ3n) is 2.25. The van der Waals surface area contributed by atoms with Gasteiger partial charge in [-0.3, -0.25) is 9.59 Å². The van der Waals surface area contributed by atoms with Crippen LogP contribution in [0.3, 0.4) is 0 Å². The lowest BCUT2D eigenvalue weighted by atomic mass is 9.91. The first-order valence-electron chi connectivity index (χ1n) is 6.15. The summed E-state index contributed by atoms with van der Waals surface area (Å²) in [5.74, 6) is -1.24. The summed E-state index contributed by atoms with van der Waals surface area (Å²) in [5, 5.41) is 0. The molecule has 18 heavy (non-hydrogen) atoms. The van der Waals surface area contributed by atoms with Crippen molar-refractivity contribution >= 4 is 11.9 Å². The average molecular weight is 260 g/mol. The van der Waals surface area contributed by atoms with E-state index in [2.05, 4.69) is 0 Å². The maximum absolute atomic E-state index is 11.9. The zero-order valence-electron chi connectivity index (χ0n) is 12.2. The molecular weight excluding hydrogens is 236 g/mol. The number of hydrogen-bond donors (Lipinski definition) is 0. The molecule has 0 aliphatic carbocycles. The van der Waals surface area contributed by atoms with Crippen LogP contribution in [-0.4, -0.2) is 37.4 Å². The van der Waals surface area contributed by atoms with Crippen LogP contribution in [0.15, 0.2) is 0 Å². The van der Waals surface area contributed by atoms with Gasteiger partial charge in [-0.25, -0.2) is 0 Å². The molecule has 0 spiro atoms. The average Bonchev–Trinajstić information content (AvgIpc) is 2.25. The van der Waals surface area contributed by atoms with Gasteiger partial charge in [0.25, 0.3) is 0 Å². The van der Waals surface area contributed by atoms with E-state index in [-0.39, 0.29) is 19.8 Å². The fraction of sp³-hybridized carbons (Fsp3) is 0.846. The predicted octanol–water partition coefficient (Wildman–Crippen LogP) is 1.93. The minimum atomic E-state index is -1.42. The Bertz CT molecular complexity index is 272. The van der Waals surface area contributed by atoms with Gasteiger partial charge >= 0.3 is 11.9 Å². The number of ether oxygens (including phenoxy) is 3. The van der Waals surface area contributed by atoms with E-state index in [0.29, 0.717) is 0 Å². The molecule has 0 aliphatic rings. The molecule has 0 fully saturated rings. The topological polar surface area (TPSA) is 61.8 Å². The second-order valence-corrected chi connectivity index (χ2v) is 5.17. The van der Waals surface area contributed by atoms with Crippen molar-refractivity contribution in [2.24, 2.45) is 5.41 Å². The Kier molecular flexibility index (Phi) is 6.32. The third-order valence-corrected chi connectivity index (χ3v) is 2.25. The maximum Gasteiger partial charge on any atom is 0.325 e. The van der Waals surface area contributed by atoms with Crippen molar-refractivity contribution in [2.45, 2.75) is 47.1 Å². The van der Waals surface area contributed by atoms with E-state index in [9.17, 15) is 9.59 Å². The fourth-order valence-electron chi connectivity index (χ4n) is 1.14. The number of rotatable bonds is 6. The first-order valence-corrected chi connectivity index (χ1v) is 6.15. The highest BCUT2D eigenvalue weighted by molar-refractivity contribution is 5.99. The SMILES string of the molecule is CCOC(=O)C(C)(COC(C)(C)C)C(=O)OCC. The van der Waals surface area contributed by atoms with Crippen molar-refractivity contribution in [1.29, 1.82) is 0 Å². The van der Waals surface area contributed by atoms with Crippen LogP contribution < -0.4 is 0 Å². The monoisotopic (exact) mass is 260 g/mol. The molecule has 106 valence electrons.